The van der Waals surface area contributed by atoms with Crippen LogP contribution in [0.3, 0.4) is 0 Å². The van der Waals surface area contributed by atoms with E-state index in [9.17, 15) is 8.42 Å². The average molecular weight is 328 g/mol. The van der Waals surface area contributed by atoms with Crippen molar-refractivity contribution < 1.29 is 8.42 Å². The quantitative estimate of drug-likeness (QED) is 0.805. The number of sulfonamides is 1. The Morgan fingerprint density at radius 3 is 2.76 bits per heavy atom. The van der Waals surface area contributed by atoms with E-state index in [2.05, 4.69) is 15.0 Å². The third-order valence-corrected chi connectivity index (χ3v) is 5.34. The number of nitrogens with zero attached hydrogens (tertiary/aromatic N) is 2. The van der Waals surface area contributed by atoms with Crippen molar-refractivity contribution in [2.24, 2.45) is 7.05 Å². The van der Waals surface area contributed by atoms with Crippen molar-refractivity contribution in [3.63, 3.8) is 0 Å². The van der Waals surface area contributed by atoms with Gasteiger partial charge in [0.1, 0.15) is 0 Å². The summed E-state index contributed by atoms with van der Waals surface area (Å²) in [6.07, 6.45) is 3.33. The lowest BCUT2D eigenvalue weighted by atomic mass is 10.4. The van der Waals surface area contributed by atoms with Crippen LogP contribution in [0.2, 0.25) is 0 Å². The van der Waals surface area contributed by atoms with Gasteiger partial charge in [-0.1, -0.05) is 6.92 Å². The first-order chi connectivity index (χ1) is 9.92. The predicted molar refractivity (Wildman–Crippen MR) is 83.7 cm³/mol. The van der Waals surface area contributed by atoms with Crippen LogP contribution < -0.4 is 10.0 Å². The molecule has 0 aromatic carbocycles. The van der Waals surface area contributed by atoms with Crippen molar-refractivity contribution in [2.75, 3.05) is 6.54 Å². The summed E-state index contributed by atoms with van der Waals surface area (Å²) in [7, 11) is -1.65. The smallest absolute Gasteiger partial charge is 0.242 e. The van der Waals surface area contributed by atoms with Crippen LogP contribution >= 0.6 is 11.3 Å². The monoisotopic (exact) mass is 328 g/mol. The van der Waals surface area contributed by atoms with Crippen LogP contribution in [-0.2, 0) is 30.2 Å². The molecule has 0 fully saturated rings. The molecule has 6 nitrogen and oxygen atoms in total. The van der Waals surface area contributed by atoms with E-state index in [1.807, 2.05) is 25.5 Å². The highest BCUT2D eigenvalue weighted by atomic mass is 32.2. The summed E-state index contributed by atoms with van der Waals surface area (Å²) in [5, 5.41) is 4.12. The van der Waals surface area contributed by atoms with Crippen LogP contribution in [0, 0.1) is 6.92 Å². The van der Waals surface area contributed by atoms with Gasteiger partial charge < -0.3 is 9.88 Å². The van der Waals surface area contributed by atoms with E-state index in [0.717, 1.165) is 22.1 Å². The largest absolute Gasteiger partial charge is 0.352 e. The van der Waals surface area contributed by atoms with E-state index in [1.165, 1.54) is 11.3 Å². The standard InChI is InChI=1S/C13H20N4O2S2/c1-4-14-6-11-5-13(9-17(11)3)21(18,19)16-8-12-7-15-10(2)20-12/h5,7,9,14,16H,4,6,8H2,1-3H3. The zero-order valence-electron chi connectivity index (χ0n) is 12.4. The van der Waals surface area contributed by atoms with Crippen LogP contribution in [0.4, 0.5) is 0 Å². The molecule has 0 bridgehead atoms. The van der Waals surface area contributed by atoms with E-state index >= 15 is 0 Å². The van der Waals surface area contributed by atoms with Gasteiger partial charge in [0.15, 0.2) is 0 Å². The van der Waals surface area contributed by atoms with Gasteiger partial charge in [-0.25, -0.2) is 18.1 Å². The summed E-state index contributed by atoms with van der Waals surface area (Å²) < 4.78 is 29.0. The number of rotatable bonds is 7. The minimum Gasteiger partial charge on any atom is -0.352 e. The Bertz CT molecular complexity index is 704. The molecule has 0 spiro atoms. The molecule has 21 heavy (non-hydrogen) atoms. The van der Waals surface area contributed by atoms with Crippen molar-refractivity contribution in [2.45, 2.75) is 31.8 Å². The zero-order valence-corrected chi connectivity index (χ0v) is 14.0. The van der Waals surface area contributed by atoms with Gasteiger partial charge in [0.05, 0.1) is 9.90 Å². The summed E-state index contributed by atoms with van der Waals surface area (Å²) in [6, 6.07) is 1.70. The lowest BCUT2D eigenvalue weighted by Crippen LogP contribution is -2.22. The van der Waals surface area contributed by atoms with Gasteiger partial charge in [0, 0.05) is 43.1 Å². The molecule has 0 unspecified atom stereocenters. The fraction of sp³-hybridized carbons (Fsp3) is 0.462. The van der Waals surface area contributed by atoms with Crippen LogP contribution in [-0.4, -0.2) is 24.5 Å². The average Bonchev–Trinajstić information content (AvgIpc) is 3.01. The van der Waals surface area contributed by atoms with Crippen LogP contribution in [0.15, 0.2) is 23.4 Å². The Kier molecular flexibility index (Phi) is 5.15. The highest BCUT2D eigenvalue weighted by Crippen LogP contribution is 2.16. The Balaban J connectivity index is 2.08. The van der Waals surface area contributed by atoms with Crippen molar-refractivity contribution in [1.29, 1.82) is 0 Å². The topological polar surface area (TPSA) is 76.0 Å². The highest BCUT2D eigenvalue weighted by Gasteiger charge is 2.17. The maximum atomic E-state index is 12.3. The normalized spacial score (nSPS) is 12.0. The number of aromatic nitrogens is 2. The molecular weight excluding hydrogens is 308 g/mol. The molecule has 2 N–H and O–H groups in total. The second kappa shape index (κ2) is 6.69. The minimum atomic E-state index is -3.50. The van der Waals surface area contributed by atoms with Gasteiger partial charge in [0.25, 0.3) is 0 Å². The Labute approximate surface area is 129 Å². The van der Waals surface area contributed by atoms with E-state index in [-0.39, 0.29) is 6.54 Å². The van der Waals surface area contributed by atoms with E-state index < -0.39 is 10.0 Å². The predicted octanol–water partition coefficient (Wildman–Crippen LogP) is 1.38. The molecule has 116 valence electrons. The second-order valence-electron chi connectivity index (χ2n) is 4.73. The molecule has 0 saturated carbocycles. The highest BCUT2D eigenvalue weighted by molar-refractivity contribution is 7.89. The van der Waals surface area contributed by atoms with E-state index in [0.29, 0.717) is 11.4 Å². The van der Waals surface area contributed by atoms with Gasteiger partial charge in [0.2, 0.25) is 10.0 Å². The number of hydrogen-bond acceptors (Lipinski definition) is 5. The van der Waals surface area contributed by atoms with Crippen molar-refractivity contribution in [3.05, 3.63) is 34.0 Å². The molecule has 0 aliphatic rings. The number of aryl methyl sites for hydroxylation is 2. The van der Waals surface area contributed by atoms with E-state index in [1.54, 1.807) is 18.5 Å². The maximum Gasteiger partial charge on any atom is 0.242 e. The van der Waals surface area contributed by atoms with Gasteiger partial charge in [-0.15, -0.1) is 11.3 Å². The molecule has 0 saturated heterocycles. The van der Waals surface area contributed by atoms with E-state index in [4.69, 9.17) is 0 Å². The number of hydrogen-bond donors (Lipinski definition) is 2. The van der Waals surface area contributed by atoms with Gasteiger partial charge in [-0.3, -0.25) is 0 Å². The summed E-state index contributed by atoms with van der Waals surface area (Å²) in [4.78, 5) is 5.31. The first-order valence-electron chi connectivity index (χ1n) is 6.69. The van der Waals surface area contributed by atoms with Crippen LogP contribution in [0.25, 0.3) is 0 Å². The zero-order chi connectivity index (χ0) is 15.5. The molecule has 8 heteroatoms. The van der Waals surface area contributed by atoms with Crippen molar-refractivity contribution in [1.82, 2.24) is 19.6 Å². The Morgan fingerprint density at radius 1 is 1.38 bits per heavy atom. The summed E-state index contributed by atoms with van der Waals surface area (Å²) in [5.74, 6) is 0. The van der Waals surface area contributed by atoms with Crippen LogP contribution in [0.5, 0.6) is 0 Å². The summed E-state index contributed by atoms with van der Waals surface area (Å²) in [5.41, 5.74) is 0.936. The van der Waals surface area contributed by atoms with Crippen molar-refractivity contribution >= 4 is 21.4 Å². The summed E-state index contributed by atoms with van der Waals surface area (Å²) >= 11 is 1.49. The maximum absolute atomic E-state index is 12.3. The molecule has 0 aliphatic heterocycles. The van der Waals surface area contributed by atoms with Gasteiger partial charge in [-0.2, -0.15) is 0 Å². The lowest BCUT2D eigenvalue weighted by molar-refractivity contribution is 0.581. The lowest BCUT2D eigenvalue weighted by Gasteiger charge is -2.02. The molecule has 0 radical (unpaired) electrons. The first-order valence-corrected chi connectivity index (χ1v) is 8.99. The van der Waals surface area contributed by atoms with Gasteiger partial charge >= 0.3 is 0 Å². The van der Waals surface area contributed by atoms with Crippen molar-refractivity contribution in [3.8, 4) is 0 Å². The Morgan fingerprint density at radius 2 is 2.14 bits per heavy atom. The van der Waals surface area contributed by atoms with Gasteiger partial charge in [-0.05, 0) is 19.5 Å². The fourth-order valence-electron chi connectivity index (χ4n) is 1.89. The molecule has 0 amide bonds. The molecule has 0 atom stereocenters. The SMILES string of the molecule is CCNCc1cc(S(=O)(=O)NCc2cnc(C)s2)cn1C. The summed E-state index contributed by atoms with van der Waals surface area (Å²) in [6.45, 7) is 5.67. The third-order valence-electron chi connectivity index (χ3n) is 3.05. The molecule has 2 rings (SSSR count). The second-order valence-corrected chi connectivity index (χ2v) is 7.81. The van der Waals surface area contributed by atoms with Crippen LogP contribution in [0.1, 0.15) is 22.5 Å². The number of nitrogens with one attached hydrogen (secondary N) is 2. The fourth-order valence-corrected chi connectivity index (χ4v) is 3.82. The molecule has 2 aromatic heterocycles. The molecule has 2 aromatic rings. The molecule has 0 aliphatic carbocycles. The minimum absolute atomic E-state index is 0.269. The molecular formula is C13H20N4O2S2. The Hall–Kier alpha value is -1.22. The molecule has 2 heterocycles. The number of thiazole rings is 1. The first kappa shape index (κ1) is 16.2. The third kappa shape index (κ3) is 4.13.